The normalized spacial score (nSPS) is 11.3. The van der Waals surface area contributed by atoms with Gasteiger partial charge in [0.25, 0.3) is 0 Å². The van der Waals surface area contributed by atoms with Crippen molar-refractivity contribution in [2.75, 3.05) is 0 Å². The first-order valence-electron chi connectivity index (χ1n) is 9.69. The van der Waals surface area contributed by atoms with Crippen LogP contribution in [0.15, 0.2) is 61.2 Å². The molecule has 0 aliphatic rings. The molecule has 0 saturated carbocycles. The predicted octanol–water partition coefficient (Wildman–Crippen LogP) is 5.64. The molecule has 2 aromatic carbocycles. The van der Waals surface area contributed by atoms with Gasteiger partial charge < -0.3 is 4.74 Å². The highest BCUT2D eigenvalue weighted by atomic mass is 19.3. The van der Waals surface area contributed by atoms with Gasteiger partial charge in [0.2, 0.25) is 0 Å². The minimum absolute atomic E-state index is 0.0728. The number of unbranched alkanes of at least 4 members (excludes halogenated alkanes) is 2. The number of allylic oxidation sites excluding steroid dienone is 1. The van der Waals surface area contributed by atoms with Crippen molar-refractivity contribution < 1.29 is 18.3 Å². The summed E-state index contributed by atoms with van der Waals surface area (Å²) in [6.45, 7) is 4.43. The van der Waals surface area contributed by atoms with Gasteiger partial charge in [-0.2, -0.15) is 8.78 Å². The number of alkyl halides is 2. The lowest BCUT2D eigenvalue weighted by Gasteiger charge is -2.13. The molecule has 0 bridgehead atoms. The van der Waals surface area contributed by atoms with Gasteiger partial charge in [0.05, 0.1) is 5.69 Å². The van der Waals surface area contributed by atoms with E-state index in [9.17, 15) is 13.6 Å². The van der Waals surface area contributed by atoms with Gasteiger partial charge in [-0.1, -0.05) is 30.3 Å². The van der Waals surface area contributed by atoms with E-state index in [1.807, 2.05) is 6.08 Å². The summed E-state index contributed by atoms with van der Waals surface area (Å²) < 4.78 is 32.4. The molecule has 0 amide bonds. The van der Waals surface area contributed by atoms with E-state index in [1.165, 1.54) is 12.1 Å². The number of rotatable bonds is 10. The number of aryl methyl sites for hydroxylation is 1. The number of hydrogen-bond acceptors (Lipinski definition) is 4. The van der Waals surface area contributed by atoms with Crippen LogP contribution in [-0.2, 0) is 6.42 Å². The molecule has 0 saturated heterocycles. The molecule has 3 aromatic rings. The summed E-state index contributed by atoms with van der Waals surface area (Å²) in [7, 11) is 0. The predicted molar refractivity (Wildman–Crippen MR) is 111 cm³/mol. The molecule has 0 unspecified atom stereocenters. The van der Waals surface area contributed by atoms with Crippen molar-refractivity contribution in [3.63, 3.8) is 0 Å². The Morgan fingerprint density at radius 3 is 2.40 bits per heavy atom. The maximum Gasteiger partial charge on any atom is 0.394 e. The van der Waals surface area contributed by atoms with Crippen LogP contribution in [0.3, 0.4) is 0 Å². The minimum Gasteiger partial charge on any atom is -0.433 e. The van der Waals surface area contributed by atoms with Crippen molar-refractivity contribution in [2.24, 2.45) is 0 Å². The van der Waals surface area contributed by atoms with Crippen molar-refractivity contribution in [3.05, 3.63) is 72.6 Å². The number of aromatic nitrogens is 3. The van der Waals surface area contributed by atoms with Crippen LogP contribution in [0.25, 0.3) is 17.1 Å². The van der Waals surface area contributed by atoms with Crippen LogP contribution in [0.5, 0.6) is 5.75 Å². The summed E-state index contributed by atoms with van der Waals surface area (Å²) in [4.78, 5) is 15.6. The molecule has 0 radical (unpaired) electrons. The number of benzene rings is 2. The molecule has 1 heterocycles. The van der Waals surface area contributed by atoms with Gasteiger partial charge in [0, 0.05) is 24.5 Å². The quantitative estimate of drug-likeness (QED) is 0.246. The minimum atomic E-state index is -3.24. The Kier molecular flexibility index (Phi) is 6.72. The SMILES string of the molecule is C=CCCCCc1nc(-c2ccc(C=O)cc2)nn1-c1ccc(OC(C)(F)F)cc1. The van der Waals surface area contributed by atoms with E-state index in [0.29, 0.717) is 30.4 Å². The third kappa shape index (κ3) is 5.59. The number of nitrogens with zero attached hydrogens (tertiary/aromatic N) is 3. The third-order valence-electron chi connectivity index (χ3n) is 4.42. The zero-order chi connectivity index (χ0) is 21.6. The fraction of sp³-hybridized carbons (Fsp3) is 0.261. The lowest BCUT2D eigenvalue weighted by molar-refractivity contribution is -0.158. The van der Waals surface area contributed by atoms with Crippen LogP contribution in [0.4, 0.5) is 8.78 Å². The Morgan fingerprint density at radius 1 is 1.10 bits per heavy atom. The van der Waals surface area contributed by atoms with Crippen LogP contribution >= 0.6 is 0 Å². The van der Waals surface area contributed by atoms with Crippen LogP contribution in [0.2, 0.25) is 0 Å². The summed E-state index contributed by atoms with van der Waals surface area (Å²) >= 11 is 0. The second-order valence-corrected chi connectivity index (χ2v) is 6.94. The molecule has 0 atom stereocenters. The van der Waals surface area contributed by atoms with E-state index in [4.69, 9.17) is 0 Å². The Labute approximate surface area is 174 Å². The van der Waals surface area contributed by atoms with E-state index in [1.54, 1.807) is 41.1 Å². The standard InChI is InChI=1S/C23H23F2N3O2/c1-3-4-5-6-7-21-26-22(18-10-8-17(16-29)9-11-18)27-28(21)19-12-14-20(15-13-19)30-23(2,24)25/h3,8-16H,1,4-7H2,2H3. The van der Waals surface area contributed by atoms with Crippen LogP contribution in [0, 0.1) is 0 Å². The maximum absolute atomic E-state index is 13.1. The first-order valence-corrected chi connectivity index (χ1v) is 9.69. The second-order valence-electron chi connectivity index (χ2n) is 6.94. The van der Waals surface area contributed by atoms with Crippen molar-refractivity contribution in [1.82, 2.24) is 14.8 Å². The van der Waals surface area contributed by atoms with Crippen LogP contribution in [0.1, 0.15) is 42.4 Å². The van der Waals surface area contributed by atoms with E-state index < -0.39 is 6.11 Å². The highest BCUT2D eigenvalue weighted by Gasteiger charge is 2.23. The molecule has 0 N–H and O–H groups in total. The smallest absolute Gasteiger partial charge is 0.394 e. The van der Waals surface area contributed by atoms with Gasteiger partial charge in [-0.05, 0) is 43.5 Å². The molecule has 30 heavy (non-hydrogen) atoms. The fourth-order valence-electron chi connectivity index (χ4n) is 2.98. The number of hydrogen-bond donors (Lipinski definition) is 0. The molecule has 156 valence electrons. The van der Waals surface area contributed by atoms with Gasteiger partial charge in [-0.15, -0.1) is 11.7 Å². The van der Waals surface area contributed by atoms with Gasteiger partial charge in [0.1, 0.15) is 17.9 Å². The zero-order valence-corrected chi connectivity index (χ0v) is 16.7. The molecular formula is C23H23F2N3O2. The van der Waals surface area contributed by atoms with Crippen molar-refractivity contribution in [1.29, 1.82) is 0 Å². The number of ether oxygens (including phenoxy) is 1. The molecule has 0 aliphatic heterocycles. The first-order chi connectivity index (χ1) is 14.4. The monoisotopic (exact) mass is 411 g/mol. The number of aldehydes is 1. The van der Waals surface area contributed by atoms with Crippen molar-refractivity contribution in [3.8, 4) is 22.8 Å². The largest absolute Gasteiger partial charge is 0.433 e. The summed E-state index contributed by atoms with van der Waals surface area (Å²) in [5.41, 5.74) is 2.06. The molecular weight excluding hydrogens is 388 g/mol. The zero-order valence-electron chi connectivity index (χ0n) is 16.7. The van der Waals surface area contributed by atoms with E-state index >= 15 is 0 Å². The molecule has 5 nitrogen and oxygen atoms in total. The summed E-state index contributed by atoms with van der Waals surface area (Å²) in [5.74, 6) is 1.37. The maximum atomic E-state index is 13.1. The highest BCUT2D eigenvalue weighted by Crippen LogP contribution is 2.24. The Balaban J connectivity index is 1.90. The number of halogens is 2. The topological polar surface area (TPSA) is 57.0 Å². The highest BCUT2D eigenvalue weighted by molar-refractivity contribution is 5.76. The van der Waals surface area contributed by atoms with Gasteiger partial charge in [-0.25, -0.2) is 9.67 Å². The summed E-state index contributed by atoms with van der Waals surface area (Å²) in [5, 5.41) is 4.62. The van der Waals surface area contributed by atoms with E-state index in [2.05, 4.69) is 21.4 Å². The molecule has 0 aliphatic carbocycles. The van der Waals surface area contributed by atoms with Crippen LogP contribution < -0.4 is 4.74 Å². The third-order valence-corrected chi connectivity index (χ3v) is 4.42. The molecule has 3 rings (SSSR count). The second kappa shape index (κ2) is 9.43. The Bertz CT molecular complexity index is 991. The Morgan fingerprint density at radius 2 is 1.80 bits per heavy atom. The Hall–Kier alpha value is -3.35. The number of carbonyl (C=O) groups excluding carboxylic acids is 1. The summed E-state index contributed by atoms with van der Waals surface area (Å²) in [6, 6.07) is 13.3. The van der Waals surface area contributed by atoms with Crippen molar-refractivity contribution in [2.45, 2.75) is 38.7 Å². The lowest BCUT2D eigenvalue weighted by Crippen LogP contribution is -2.19. The van der Waals surface area contributed by atoms with Gasteiger partial charge in [0.15, 0.2) is 5.82 Å². The van der Waals surface area contributed by atoms with Crippen molar-refractivity contribution >= 4 is 6.29 Å². The molecule has 7 heteroatoms. The summed E-state index contributed by atoms with van der Waals surface area (Å²) in [6.07, 6.45) is 2.95. The lowest BCUT2D eigenvalue weighted by atomic mass is 10.1. The average molecular weight is 411 g/mol. The molecule has 1 aromatic heterocycles. The van der Waals surface area contributed by atoms with Crippen LogP contribution in [-0.4, -0.2) is 27.2 Å². The van der Waals surface area contributed by atoms with Gasteiger partial charge in [-0.3, -0.25) is 4.79 Å². The molecule has 0 spiro atoms. The van der Waals surface area contributed by atoms with Gasteiger partial charge >= 0.3 is 6.11 Å². The first kappa shape index (κ1) is 21.4. The van der Waals surface area contributed by atoms with E-state index in [-0.39, 0.29) is 5.75 Å². The molecule has 0 fully saturated rings. The fourth-order valence-corrected chi connectivity index (χ4v) is 2.98. The number of carbonyl (C=O) groups is 1. The average Bonchev–Trinajstić information content (AvgIpc) is 3.15. The van der Waals surface area contributed by atoms with E-state index in [0.717, 1.165) is 36.9 Å².